The van der Waals surface area contributed by atoms with Gasteiger partial charge in [0.05, 0.1) is 4.92 Å². The smallest absolute Gasteiger partial charge is 0.310 e. The second-order valence-electron chi connectivity index (χ2n) is 4.24. The van der Waals surface area contributed by atoms with Gasteiger partial charge < -0.3 is 11.1 Å². The molecule has 1 aromatic rings. The minimum absolute atomic E-state index is 0.0496. The van der Waals surface area contributed by atoms with Gasteiger partial charge in [-0.25, -0.2) is 0 Å². The van der Waals surface area contributed by atoms with Crippen molar-refractivity contribution in [1.82, 2.24) is 0 Å². The van der Waals surface area contributed by atoms with E-state index >= 15 is 0 Å². The Morgan fingerprint density at radius 3 is 2.82 bits per heavy atom. The summed E-state index contributed by atoms with van der Waals surface area (Å²) in [5.41, 5.74) is 6.30. The van der Waals surface area contributed by atoms with Gasteiger partial charge in [0, 0.05) is 12.1 Å². The number of para-hydroxylation sites is 1. The van der Waals surface area contributed by atoms with Crippen LogP contribution in [0.1, 0.15) is 19.3 Å². The highest BCUT2D eigenvalue weighted by molar-refractivity contribution is 6.33. The molecule has 1 aliphatic carbocycles. The molecule has 2 atom stereocenters. The van der Waals surface area contributed by atoms with Crippen molar-refractivity contribution >= 4 is 23.0 Å². The molecule has 2 unspecified atom stereocenters. The lowest BCUT2D eigenvalue weighted by atomic mass is 10.1. The maximum atomic E-state index is 10.9. The van der Waals surface area contributed by atoms with Crippen molar-refractivity contribution in [2.24, 2.45) is 5.73 Å². The Morgan fingerprint density at radius 2 is 2.24 bits per heavy atom. The summed E-state index contributed by atoms with van der Waals surface area (Å²) in [5, 5.41) is 14.2. The third-order valence-corrected chi connectivity index (χ3v) is 3.38. The van der Waals surface area contributed by atoms with Gasteiger partial charge in [-0.1, -0.05) is 17.7 Å². The van der Waals surface area contributed by atoms with E-state index in [0.29, 0.717) is 5.69 Å². The predicted octanol–water partition coefficient (Wildman–Crippen LogP) is 2.54. The van der Waals surface area contributed by atoms with Gasteiger partial charge in [0.1, 0.15) is 10.7 Å². The average Bonchev–Trinajstić information content (AvgIpc) is 2.64. The Labute approximate surface area is 104 Å². The first-order valence-corrected chi connectivity index (χ1v) is 5.92. The van der Waals surface area contributed by atoms with Crippen molar-refractivity contribution in [2.75, 3.05) is 5.32 Å². The molecule has 0 aliphatic heterocycles. The van der Waals surface area contributed by atoms with Crippen LogP contribution in [0.25, 0.3) is 0 Å². The van der Waals surface area contributed by atoms with Crippen molar-refractivity contribution in [3.63, 3.8) is 0 Å². The first-order valence-electron chi connectivity index (χ1n) is 5.54. The fourth-order valence-electron chi connectivity index (χ4n) is 2.19. The van der Waals surface area contributed by atoms with Crippen LogP contribution in [0.4, 0.5) is 11.4 Å². The molecule has 1 aromatic carbocycles. The number of rotatable bonds is 3. The number of benzene rings is 1. The van der Waals surface area contributed by atoms with Gasteiger partial charge in [-0.2, -0.15) is 0 Å². The van der Waals surface area contributed by atoms with Crippen LogP contribution >= 0.6 is 11.6 Å². The number of nitrogens with one attached hydrogen (secondary N) is 1. The molecule has 0 spiro atoms. The van der Waals surface area contributed by atoms with Crippen LogP contribution in [-0.2, 0) is 0 Å². The van der Waals surface area contributed by atoms with Crippen molar-refractivity contribution in [1.29, 1.82) is 0 Å². The number of anilines is 1. The van der Waals surface area contributed by atoms with E-state index < -0.39 is 4.92 Å². The molecule has 92 valence electrons. The molecule has 17 heavy (non-hydrogen) atoms. The van der Waals surface area contributed by atoms with Gasteiger partial charge in [0.2, 0.25) is 0 Å². The summed E-state index contributed by atoms with van der Waals surface area (Å²) in [6, 6.07) is 5.01. The maximum absolute atomic E-state index is 10.9. The molecule has 0 heterocycles. The van der Waals surface area contributed by atoms with E-state index in [9.17, 15) is 10.1 Å². The third kappa shape index (κ3) is 2.50. The van der Waals surface area contributed by atoms with Crippen LogP contribution in [0, 0.1) is 10.1 Å². The molecule has 1 saturated carbocycles. The SMILES string of the molecule is NC1CCCC1Nc1cccc(Cl)c1[N+](=O)[O-]. The van der Waals surface area contributed by atoms with E-state index in [1.165, 1.54) is 6.07 Å². The summed E-state index contributed by atoms with van der Waals surface area (Å²) in [7, 11) is 0. The van der Waals surface area contributed by atoms with Crippen molar-refractivity contribution in [3.8, 4) is 0 Å². The molecule has 0 aromatic heterocycles. The molecule has 6 heteroatoms. The standard InChI is InChI=1S/C11H14ClN3O2/c12-7-3-1-6-10(11(7)15(16)17)14-9-5-2-4-8(9)13/h1,3,6,8-9,14H,2,4-5,13H2. The summed E-state index contributed by atoms with van der Waals surface area (Å²) >= 11 is 5.83. The molecule has 2 rings (SSSR count). The van der Waals surface area contributed by atoms with E-state index in [2.05, 4.69) is 5.32 Å². The van der Waals surface area contributed by atoms with Crippen LogP contribution in [0.15, 0.2) is 18.2 Å². The third-order valence-electron chi connectivity index (χ3n) is 3.08. The quantitative estimate of drug-likeness (QED) is 0.642. The van der Waals surface area contributed by atoms with Crippen LogP contribution in [0.3, 0.4) is 0 Å². The molecule has 0 saturated heterocycles. The number of halogens is 1. The fourth-order valence-corrected chi connectivity index (χ4v) is 2.43. The summed E-state index contributed by atoms with van der Waals surface area (Å²) in [6.07, 6.45) is 2.93. The Kier molecular flexibility index (Phi) is 3.49. The molecule has 0 radical (unpaired) electrons. The van der Waals surface area contributed by atoms with Crippen LogP contribution < -0.4 is 11.1 Å². The highest BCUT2D eigenvalue weighted by atomic mass is 35.5. The zero-order chi connectivity index (χ0) is 12.4. The number of hydrogen-bond donors (Lipinski definition) is 2. The van der Waals surface area contributed by atoms with E-state index in [1.807, 2.05) is 0 Å². The molecular weight excluding hydrogens is 242 g/mol. The Balaban J connectivity index is 2.26. The second kappa shape index (κ2) is 4.89. The van der Waals surface area contributed by atoms with Crippen LogP contribution in [-0.4, -0.2) is 17.0 Å². The number of nitro benzene ring substituents is 1. The summed E-state index contributed by atoms with van der Waals surface area (Å²) in [4.78, 5) is 10.5. The molecule has 0 amide bonds. The lowest BCUT2D eigenvalue weighted by molar-refractivity contribution is -0.383. The Morgan fingerprint density at radius 1 is 1.47 bits per heavy atom. The fraction of sp³-hybridized carbons (Fsp3) is 0.455. The molecular formula is C11H14ClN3O2. The van der Waals surface area contributed by atoms with Crippen molar-refractivity contribution in [3.05, 3.63) is 33.3 Å². The molecule has 0 bridgehead atoms. The van der Waals surface area contributed by atoms with Gasteiger partial charge in [0.25, 0.3) is 0 Å². The Hall–Kier alpha value is -1.33. The highest BCUT2D eigenvalue weighted by Gasteiger charge is 2.27. The normalized spacial score (nSPS) is 23.6. The maximum Gasteiger partial charge on any atom is 0.310 e. The lowest BCUT2D eigenvalue weighted by Gasteiger charge is -2.18. The van der Waals surface area contributed by atoms with E-state index in [1.54, 1.807) is 12.1 Å². The first-order chi connectivity index (χ1) is 8.09. The molecule has 1 fully saturated rings. The minimum Gasteiger partial charge on any atom is -0.375 e. The van der Waals surface area contributed by atoms with Gasteiger partial charge in [-0.05, 0) is 31.4 Å². The van der Waals surface area contributed by atoms with E-state index in [-0.39, 0.29) is 22.8 Å². The van der Waals surface area contributed by atoms with Gasteiger partial charge >= 0.3 is 5.69 Å². The number of hydrogen-bond acceptors (Lipinski definition) is 4. The van der Waals surface area contributed by atoms with Gasteiger partial charge in [0.15, 0.2) is 0 Å². The van der Waals surface area contributed by atoms with Crippen LogP contribution in [0.5, 0.6) is 0 Å². The van der Waals surface area contributed by atoms with Crippen LogP contribution in [0.2, 0.25) is 5.02 Å². The monoisotopic (exact) mass is 255 g/mol. The topological polar surface area (TPSA) is 81.2 Å². The number of nitrogens with two attached hydrogens (primary N) is 1. The largest absolute Gasteiger partial charge is 0.375 e. The summed E-state index contributed by atoms with van der Waals surface area (Å²) < 4.78 is 0. The van der Waals surface area contributed by atoms with Crippen molar-refractivity contribution < 1.29 is 4.92 Å². The lowest BCUT2D eigenvalue weighted by Crippen LogP contribution is -2.35. The van der Waals surface area contributed by atoms with E-state index in [4.69, 9.17) is 17.3 Å². The average molecular weight is 256 g/mol. The summed E-state index contributed by atoms with van der Waals surface area (Å²) in [6.45, 7) is 0. The number of nitrogens with zero attached hydrogens (tertiary/aromatic N) is 1. The zero-order valence-corrected chi connectivity index (χ0v) is 9.98. The molecule has 5 nitrogen and oxygen atoms in total. The molecule has 1 aliphatic rings. The summed E-state index contributed by atoms with van der Waals surface area (Å²) in [5.74, 6) is 0. The minimum atomic E-state index is -0.467. The van der Waals surface area contributed by atoms with Gasteiger partial charge in [-0.15, -0.1) is 0 Å². The highest BCUT2D eigenvalue weighted by Crippen LogP contribution is 2.34. The Bertz CT molecular complexity index is 439. The number of nitro groups is 1. The molecule has 3 N–H and O–H groups in total. The second-order valence-corrected chi connectivity index (χ2v) is 4.65. The first kappa shape index (κ1) is 12.1. The van der Waals surface area contributed by atoms with Gasteiger partial charge in [-0.3, -0.25) is 10.1 Å². The zero-order valence-electron chi connectivity index (χ0n) is 9.23. The van der Waals surface area contributed by atoms with Crippen molar-refractivity contribution in [2.45, 2.75) is 31.3 Å². The van der Waals surface area contributed by atoms with E-state index in [0.717, 1.165) is 19.3 Å². The predicted molar refractivity (Wildman–Crippen MR) is 67.3 cm³/mol.